The van der Waals surface area contributed by atoms with Crippen LogP contribution in [0.3, 0.4) is 0 Å². The molecule has 128 valence electrons. The summed E-state index contributed by atoms with van der Waals surface area (Å²) in [6.45, 7) is 6.36. The first-order chi connectivity index (χ1) is 12.2. The molecule has 0 bridgehead atoms. The second-order valence-electron chi connectivity index (χ2n) is 5.89. The van der Waals surface area contributed by atoms with Gasteiger partial charge in [0, 0.05) is 11.4 Å². The van der Waals surface area contributed by atoms with Gasteiger partial charge in [-0.2, -0.15) is 10.1 Å². The van der Waals surface area contributed by atoms with E-state index in [-0.39, 0.29) is 0 Å². The molecule has 0 aliphatic rings. The maximum Gasteiger partial charge on any atom is 0.249 e. The van der Waals surface area contributed by atoms with Crippen LogP contribution in [0, 0.1) is 6.92 Å². The molecule has 25 heavy (non-hydrogen) atoms. The maximum atomic E-state index is 4.56. The lowest BCUT2D eigenvalue weighted by molar-refractivity contribution is 0.979. The van der Waals surface area contributed by atoms with Crippen molar-refractivity contribution in [3.63, 3.8) is 0 Å². The van der Waals surface area contributed by atoms with Crippen molar-refractivity contribution < 1.29 is 0 Å². The van der Waals surface area contributed by atoms with Crippen molar-refractivity contribution in [2.24, 2.45) is 0 Å². The summed E-state index contributed by atoms with van der Waals surface area (Å²) in [6.07, 6.45) is 3.57. The Labute approximate surface area is 148 Å². The van der Waals surface area contributed by atoms with E-state index < -0.39 is 0 Å². The molecule has 0 radical (unpaired) electrons. The Morgan fingerprint density at radius 2 is 1.60 bits per heavy atom. The van der Waals surface area contributed by atoms with Crippen molar-refractivity contribution in [3.05, 3.63) is 65.4 Å². The molecule has 1 aromatic heterocycles. The maximum absolute atomic E-state index is 4.56. The summed E-state index contributed by atoms with van der Waals surface area (Å²) in [5.41, 5.74) is 5.77. The smallest absolute Gasteiger partial charge is 0.249 e. The molecule has 0 aliphatic heterocycles. The minimum atomic E-state index is 0.478. The highest BCUT2D eigenvalue weighted by atomic mass is 15.3. The lowest BCUT2D eigenvalue weighted by atomic mass is 10.0. The SMILES string of the molecule is CCc1cccc(CC)c1Nc1cnnc(Nc2ccccc2C)n1. The van der Waals surface area contributed by atoms with Gasteiger partial charge in [-0.1, -0.05) is 50.2 Å². The highest BCUT2D eigenvalue weighted by Gasteiger charge is 2.09. The predicted octanol–water partition coefficient (Wildman–Crippen LogP) is 4.79. The lowest BCUT2D eigenvalue weighted by Gasteiger charge is -2.15. The van der Waals surface area contributed by atoms with Crippen LogP contribution in [0.15, 0.2) is 48.7 Å². The van der Waals surface area contributed by atoms with E-state index in [1.54, 1.807) is 6.20 Å². The van der Waals surface area contributed by atoms with Gasteiger partial charge in [0.1, 0.15) is 0 Å². The molecule has 0 atom stereocenters. The van der Waals surface area contributed by atoms with Gasteiger partial charge < -0.3 is 10.6 Å². The molecular weight excluding hydrogens is 310 g/mol. The number of benzene rings is 2. The van der Waals surface area contributed by atoms with Crippen LogP contribution >= 0.6 is 0 Å². The molecule has 0 fully saturated rings. The zero-order valence-electron chi connectivity index (χ0n) is 14.9. The third-order valence-electron chi connectivity index (χ3n) is 4.20. The second kappa shape index (κ2) is 7.75. The Bertz CT molecular complexity index is 838. The minimum Gasteiger partial charge on any atom is -0.338 e. The van der Waals surface area contributed by atoms with Gasteiger partial charge in [-0.25, -0.2) is 0 Å². The van der Waals surface area contributed by atoms with Crippen LogP contribution in [0.2, 0.25) is 0 Å². The second-order valence-corrected chi connectivity index (χ2v) is 5.89. The van der Waals surface area contributed by atoms with Crippen LogP contribution in [0.25, 0.3) is 0 Å². The van der Waals surface area contributed by atoms with Gasteiger partial charge in [0.15, 0.2) is 5.82 Å². The van der Waals surface area contributed by atoms with E-state index >= 15 is 0 Å². The normalized spacial score (nSPS) is 10.5. The summed E-state index contributed by atoms with van der Waals surface area (Å²) in [4.78, 5) is 4.56. The number of hydrogen-bond acceptors (Lipinski definition) is 5. The quantitative estimate of drug-likeness (QED) is 0.679. The molecule has 2 N–H and O–H groups in total. The monoisotopic (exact) mass is 333 g/mol. The summed E-state index contributed by atoms with van der Waals surface area (Å²) in [7, 11) is 0. The molecular formula is C20H23N5. The van der Waals surface area contributed by atoms with E-state index in [4.69, 9.17) is 0 Å². The summed E-state index contributed by atoms with van der Waals surface area (Å²) in [5.74, 6) is 1.16. The average molecular weight is 333 g/mol. The van der Waals surface area contributed by atoms with Crippen molar-refractivity contribution in [1.82, 2.24) is 15.2 Å². The van der Waals surface area contributed by atoms with Gasteiger partial charge in [-0.05, 0) is 42.5 Å². The number of para-hydroxylation sites is 2. The Kier molecular flexibility index (Phi) is 5.23. The fraction of sp³-hybridized carbons (Fsp3) is 0.250. The number of rotatable bonds is 6. The van der Waals surface area contributed by atoms with E-state index in [1.165, 1.54) is 11.1 Å². The van der Waals surface area contributed by atoms with Gasteiger partial charge in [-0.15, -0.1) is 5.10 Å². The molecule has 5 nitrogen and oxygen atoms in total. The standard InChI is InChI=1S/C20H23N5/c1-4-15-10-8-11-16(5-2)19(15)23-18-13-21-25-20(24-18)22-17-12-7-6-9-14(17)3/h6-13H,4-5H2,1-3H3,(H2,22,23,24,25). The molecule has 0 amide bonds. The molecule has 0 saturated carbocycles. The van der Waals surface area contributed by atoms with Crippen molar-refractivity contribution in [2.45, 2.75) is 33.6 Å². The van der Waals surface area contributed by atoms with E-state index in [1.807, 2.05) is 31.2 Å². The Morgan fingerprint density at radius 3 is 2.28 bits per heavy atom. The van der Waals surface area contributed by atoms with Crippen LogP contribution in [-0.4, -0.2) is 15.2 Å². The molecule has 3 rings (SSSR count). The fourth-order valence-corrected chi connectivity index (χ4v) is 2.78. The Balaban J connectivity index is 1.87. The number of hydrogen-bond donors (Lipinski definition) is 2. The Morgan fingerprint density at radius 1 is 0.880 bits per heavy atom. The summed E-state index contributed by atoms with van der Waals surface area (Å²) in [6, 6.07) is 14.4. The first-order valence-corrected chi connectivity index (χ1v) is 8.61. The van der Waals surface area contributed by atoms with Crippen LogP contribution in [0.4, 0.5) is 23.1 Å². The van der Waals surface area contributed by atoms with Gasteiger partial charge >= 0.3 is 0 Å². The average Bonchev–Trinajstić information content (AvgIpc) is 2.64. The lowest BCUT2D eigenvalue weighted by Crippen LogP contribution is -2.05. The number of nitrogens with zero attached hydrogens (tertiary/aromatic N) is 3. The third kappa shape index (κ3) is 3.94. The molecule has 3 aromatic rings. The van der Waals surface area contributed by atoms with E-state index in [0.717, 1.165) is 29.8 Å². The molecule has 0 unspecified atom stereocenters. The van der Waals surface area contributed by atoms with Crippen LogP contribution < -0.4 is 10.6 Å². The number of aryl methyl sites for hydroxylation is 3. The molecule has 2 aromatic carbocycles. The summed E-state index contributed by atoms with van der Waals surface area (Å²) >= 11 is 0. The zero-order valence-corrected chi connectivity index (χ0v) is 14.9. The molecule has 1 heterocycles. The predicted molar refractivity (Wildman–Crippen MR) is 103 cm³/mol. The topological polar surface area (TPSA) is 62.7 Å². The minimum absolute atomic E-state index is 0.478. The van der Waals surface area contributed by atoms with Gasteiger partial charge in [0.2, 0.25) is 5.95 Å². The van der Waals surface area contributed by atoms with Crippen molar-refractivity contribution >= 4 is 23.1 Å². The van der Waals surface area contributed by atoms with Gasteiger partial charge in [0.25, 0.3) is 0 Å². The molecule has 0 aliphatic carbocycles. The third-order valence-corrected chi connectivity index (χ3v) is 4.20. The van der Waals surface area contributed by atoms with E-state index in [9.17, 15) is 0 Å². The number of nitrogens with one attached hydrogen (secondary N) is 2. The number of aromatic nitrogens is 3. The summed E-state index contributed by atoms with van der Waals surface area (Å²) < 4.78 is 0. The van der Waals surface area contributed by atoms with Gasteiger partial charge in [0.05, 0.1) is 6.20 Å². The van der Waals surface area contributed by atoms with Crippen LogP contribution in [0.1, 0.15) is 30.5 Å². The van der Waals surface area contributed by atoms with E-state index in [2.05, 4.69) is 57.9 Å². The van der Waals surface area contributed by atoms with Crippen LogP contribution in [0.5, 0.6) is 0 Å². The number of anilines is 4. The zero-order chi connectivity index (χ0) is 17.6. The fourth-order valence-electron chi connectivity index (χ4n) is 2.78. The molecule has 5 heteroatoms. The van der Waals surface area contributed by atoms with E-state index in [0.29, 0.717) is 11.8 Å². The highest BCUT2D eigenvalue weighted by Crippen LogP contribution is 2.26. The summed E-state index contributed by atoms with van der Waals surface area (Å²) in [5, 5.41) is 14.8. The van der Waals surface area contributed by atoms with Gasteiger partial charge in [-0.3, -0.25) is 0 Å². The van der Waals surface area contributed by atoms with Crippen molar-refractivity contribution in [2.75, 3.05) is 10.6 Å². The molecule has 0 spiro atoms. The van der Waals surface area contributed by atoms with Crippen molar-refractivity contribution in [3.8, 4) is 0 Å². The highest BCUT2D eigenvalue weighted by molar-refractivity contribution is 5.66. The van der Waals surface area contributed by atoms with Crippen molar-refractivity contribution in [1.29, 1.82) is 0 Å². The molecule has 0 saturated heterocycles. The first kappa shape index (κ1) is 16.9. The van der Waals surface area contributed by atoms with Crippen LogP contribution in [-0.2, 0) is 12.8 Å². The first-order valence-electron chi connectivity index (χ1n) is 8.61. The largest absolute Gasteiger partial charge is 0.338 e. The Hall–Kier alpha value is -2.95.